The van der Waals surface area contributed by atoms with Crippen molar-refractivity contribution in [3.05, 3.63) is 35.9 Å². The van der Waals surface area contributed by atoms with E-state index >= 15 is 0 Å². The summed E-state index contributed by atoms with van der Waals surface area (Å²) < 4.78 is 0. The molecular weight excluding hydrogens is 170 g/mol. The number of rotatable bonds is 5. The summed E-state index contributed by atoms with van der Waals surface area (Å²) in [6.07, 6.45) is 3.34. The third-order valence-electron chi connectivity index (χ3n) is 2.42. The van der Waals surface area contributed by atoms with Crippen LogP contribution in [0.3, 0.4) is 0 Å². The first-order valence-electron chi connectivity index (χ1n) is 5.48. The summed E-state index contributed by atoms with van der Waals surface area (Å²) in [5, 5.41) is 0. The van der Waals surface area contributed by atoms with Gasteiger partial charge in [0.2, 0.25) is 0 Å². The zero-order chi connectivity index (χ0) is 10.4. The molecule has 2 N–H and O–H groups in total. The molecule has 0 saturated heterocycles. The molecule has 0 radical (unpaired) electrons. The van der Waals surface area contributed by atoms with Crippen molar-refractivity contribution in [3.8, 4) is 0 Å². The maximum Gasteiger partial charge on any atom is 0.00444 e. The van der Waals surface area contributed by atoms with Gasteiger partial charge in [0, 0.05) is 6.04 Å². The highest BCUT2D eigenvalue weighted by Crippen LogP contribution is 2.09. The lowest BCUT2D eigenvalue weighted by Gasteiger charge is -2.13. The van der Waals surface area contributed by atoms with E-state index in [0.717, 1.165) is 19.3 Å². The topological polar surface area (TPSA) is 26.0 Å². The van der Waals surface area contributed by atoms with Crippen LogP contribution in [0.25, 0.3) is 0 Å². The molecule has 0 fully saturated rings. The minimum absolute atomic E-state index is 0.357. The van der Waals surface area contributed by atoms with E-state index < -0.39 is 0 Å². The monoisotopic (exact) mass is 191 g/mol. The van der Waals surface area contributed by atoms with E-state index in [1.807, 2.05) is 0 Å². The Balaban J connectivity index is 2.27. The van der Waals surface area contributed by atoms with Crippen molar-refractivity contribution in [1.29, 1.82) is 0 Å². The number of aryl methyl sites for hydroxylation is 1. The van der Waals surface area contributed by atoms with Gasteiger partial charge in [-0.2, -0.15) is 0 Å². The highest BCUT2D eigenvalue weighted by atomic mass is 14.6. The van der Waals surface area contributed by atoms with E-state index in [9.17, 15) is 0 Å². The predicted molar refractivity (Wildman–Crippen MR) is 62.2 cm³/mol. The molecule has 78 valence electrons. The third-order valence-corrected chi connectivity index (χ3v) is 2.42. The Hall–Kier alpha value is -0.820. The molecule has 0 bridgehead atoms. The molecule has 0 aliphatic heterocycles. The molecule has 0 aliphatic rings. The molecule has 0 amide bonds. The lowest BCUT2D eigenvalue weighted by molar-refractivity contribution is 0.473. The lowest BCUT2D eigenvalue weighted by atomic mass is 9.98. The SMILES string of the molecule is CC(C)C[C@H](N)CCc1ccccc1. The second-order valence-electron chi connectivity index (χ2n) is 4.41. The van der Waals surface area contributed by atoms with Gasteiger partial charge in [-0.15, -0.1) is 0 Å². The standard InChI is InChI=1S/C13H21N/c1-11(2)10-13(14)9-8-12-6-4-3-5-7-12/h3-7,11,13H,8-10,14H2,1-2H3/t13-/m1/s1. The van der Waals surface area contributed by atoms with Crippen molar-refractivity contribution in [2.75, 3.05) is 0 Å². The van der Waals surface area contributed by atoms with E-state index in [0.29, 0.717) is 12.0 Å². The Morgan fingerprint density at radius 1 is 1.14 bits per heavy atom. The molecule has 0 heterocycles. The average molecular weight is 191 g/mol. The second-order valence-corrected chi connectivity index (χ2v) is 4.41. The van der Waals surface area contributed by atoms with Crippen molar-refractivity contribution < 1.29 is 0 Å². The smallest absolute Gasteiger partial charge is 0.00444 e. The van der Waals surface area contributed by atoms with Crippen LogP contribution >= 0.6 is 0 Å². The fraction of sp³-hybridized carbons (Fsp3) is 0.538. The Kier molecular flexibility index (Phi) is 4.68. The average Bonchev–Trinajstić information content (AvgIpc) is 2.15. The summed E-state index contributed by atoms with van der Waals surface area (Å²) in [5.41, 5.74) is 7.42. The van der Waals surface area contributed by atoms with Gasteiger partial charge in [-0.1, -0.05) is 44.2 Å². The molecule has 0 aromatic heterocycles. The minimum atomic E-state index is 0.357. The molecule has 0 unspecified atom stereocenters. The molecule has 0 spiro atoms. The lowest BCUT2D eigenvalue weighted by Crippen LogP contribution is -2.22. The fourth-order valence-corrected chi connectivity index (χ4v) is 1.72. The van der Waals surface area contributed by atoms with Crippen molar-refractivity contribution in [2.24, 2.45) is 11.7 Å². The summed E-state index contributed by atoms with van der Waals surface area (Å²) in [7, 11) is 0. The second kappa shape index (κ2) is 5.82. The summed E-state index contributed by atoms with van der Waals surface area (Å²) in [6, 6.07) is 10.9. The summed E-state index contributed by atoms with van der Waals surface area (Å²) in [6.45, 7) is 4.45. The normalized spacial score (nSPS) is 13.1. The van der Waals surface area contributed by atoms with Gasteiger partial charge >= 0.3 is 0 Å². The van der Waals surface area contributed by atoms with Crippen LogP contribution < -0.4 is 5.73 Å². The zero-order valence-corrected chi connectivity index (χ0v) is 9.24. The van der Waals surface area contributed by atoms with Gasteiger partial charge in [0.05, 0.1) is 0 Å². The van der Waals surface area contributed by atoms with E-state index in [1.165, 1.54) is 5.56 Å². The largest absolute Gasteiger partial charge is 0.328 e. The number of hydrogen-bond acceptors (Lipinski definition) is 1. The third kappa shape index (κ3) is 4.43. The summed E-state index contributed by atoms with van der Waals surface area (Å²) >= 11 is 0. The van der Waals surface area contributed by atoms with Crippen LogP contribution in [0, 0.1) is 5.92 Å². The first-order chi connectivity index (χ1) is 6.68. The maximum absolute atomic E-state index is 6.02. The van der Waals surface area contributed by atoms with Crippen molar-refractivity contribution in [3.63, 3.8) is 0 Å². The molecule has 1 nitrogen and oxygen atoms in total. The highest BCUT2D eigenvalue weighted by Gasteiger charge is 2.05. The van der Waals surface area contributed by atoms with Crippen LogP contribution in [-0.4, -0.2) is 6.04 Å². The minimum Gasteiger partial charge on any atom is -0.328 e. The molecular formula is C13H21N. The van der Waals surface area contributed by atoms with Crippen LogP contribution in [0.5, 0.6) is 0 Å². The Bertz CT molecular complexity index is 241. The predicted octanol–water partition coefficient (Wildman–Crippen LogP) is 2.99. The summed E-state index contributed by atoms with van der Waals surface area (Å²) in [5.74, 6) is 0.709. The fourth-order valence-electron chi connectivity index (χ4n) is 1.72. The molecule has 14 heavy (non-hydrogen) atoms. The zero-order valence-electron chi connectivity index (χ0n) is 9.24. The molecule has 1 rings (SSSR count). The van der Waals surface area contributed by atoms with Gasteiger partial charge in [0.15, 0.2) is 0 Å². The van der Waals surface area contributed by atoms with Gasteiger partial charge < -0.3 is 5.73 Å². The van der Waals surface area contributed by atoms with E-state index in [4.69, 9.17) is 5.73 Å². The van der Waals surface area contributed by atoms with Crippen molar-refractivity contribution >= 4 is 0 Å². The van der Waals surface area contributed by atoms with Crippen LogP contribution in [-0.2, 0) is 6.42 Å². The van der Waals surface area contributed by atoms with Gasteiger partial charge in [0.25, 0.3) is 0 Å². The van der Waals surface area contributed by atoms with Gasteiger partial charge in [0.1, 0.15) is 0 Å². The van der Waals surface area contributed by atoms with Crippen LogP contribution in [0.1, 0.15) is 32.3 Å². The van der Waals surface area contributed by atoms with Gasteiger partial charge in [-0.05, 0) is 30.7 Å². The Morgan fingerprint density at radius 3 is 2.36 bits per heavy atom. The molecule has 1 heteroatoms. The van der Waals surface area contributed by atoms with Gasteiger partial charge in [-0.3, -0.25) is 0 Å². The van der Waals surface area contributed by atoms with Crippen LogP contribution in [0.15, 0.2) is 30.3 Å². The molecule has 0 aliphatic carbocycles. The van der Waals surface area contributed by atoms with Crippen molar-refractivity contribution in [1.82, 2.24) is 0 Å². The molecule has 1 atom stereocenters. The number of hydrogen-bond donors (Lipinski definition) is 1. The molecule has 0 saturated carbocycles. The van der Waals surface area contributed by atoms with E-state index in [1.54, 1.807) is 0 Å². The molecule has 1 aromatic rings. The van der Waals surface area contributed by atoms with Crippen LogP contribution in [0.2, 0.25) is 0 Å². The van der Waals surface area contributed by atoms with E-state index in [-0.39, 0.29) is 0 Å². The van der Waals surface area contributed by atoms with Crippen LogP contribution in [0.4, 0.5) is 0 Å². The number of benzene rings is 1. The quantitative estimate of drug-likeness (QED) is 0.760. The molecule has 1 aromatic carbocycles. The van der Waals surface area contributed by atoms with Gasteiger partial charge in [-0.25, -0.2) is 0 Å². The summed E-state index contributed by atoms with van der Waals surface area (Å²) in [4.78, 5) is 0. The van der Waals surface area contributed by atoms with Crippen molar-refractivity contribution in [2.45, 2.75) is 39.2 Å². The number of nitrogens with two attached hydrogens (primary N) is 1. The Morgan fingerprint density at radius 2 is 1.79 bits per heavy atom. The first kappa shape index (κ1) is 11.3. The highest BCUT2D eigenvalue weighted by molar-refractivity contribution is 5.14. The van der Waals surface area contributed by atoms with E-state index in [2.05, 4.69) is 44.2 Å². The first-order valence-corrected chi connectivity index (χ1v) is 5.48. The Labute approximate surface area is 87.3 Å². The maximum atomic E-state index is 6.02.